The topological polar surface area (TPSA) is 35.0 Å². The van der Waals surface area contributed by atoms with Gasteiger partial charge in [-0.25, -0.2) is 4.00 Å². The first-order chi connectivity index (χ1) is 3.56. The summed E-state index contributed by atoms with van der Waals surface area (Å²) in [6.07, 6.45) is 0.984. The van der Waals surface area contributed by atoms with Crippen LogP contribution in [0.3, 0.4) is 0 Å². The van der Waals surface area contributed by atoms with E-state index in [2.05, 4.69) is 0 Å². The van der Waals surface area contributed by atoms with Gasteiger partial charge in [-0.2, -0.15) is 0 Å². The maximum absolute atomic E-state index is 5.79. The lowest BCUT2D eigenvalue weighted by molar-refractivity contribution is -0.771. The van der Waals surface area contributed by atoms with Crippen molar-refractivity contribution in [3.05, 3.63) is 0 Å². The molecule has 0 aliphatic rings. The summed E-state index contributed by atoms with van der Waals surface area (Å²) in [6, 6.07) is 0. The van der Waals surface area contributed by atoms with Crippen molar-refractivity contribution in [3.8, 4) is 0 Å². The number of rotatable bonds is 3. The molecule has 0 atom stereocenters. The Labute approximate surface area is 67.0 Å². The summed E-state index contributed by atoms with van der Waals surface area (Å²) < 4.78 is 0.493. The van der Waals surface area contributed by atoms with Gasteiger partial charge in [-0.05, 0) is 0 Å². The predicted molar refractivity (Wildman–Crippen MR) is 43.2 cm³/mol. The fourth-order valence-corrected chi connectivity index (χ4v) is 0.675. The second kappa shape index (κ2) is 5.30. The van der Waals surface area contributed by atoms with E-state index in [1.807, 2.05) is 14.1 Å². The van der Waals surface area contributed by atoms with E-state index in [1.54, 1.807) is 0 Å². The maximum Gasteiger partial charge on any atom is 0.164 e. The summed E-state index contributed by atoms with van der Waals surface area (Å²) >= 11 is 11.2. The zero-order chi connectivity index (χ0) is 6.62. The first kappa shape index (κ1) is 12.2. The highest BCUT2D eigenvalue weighted by Gasteiger charge is 2.08. The number of halogens is 2. The summed E-state index contributed by atoms with van der Waals surface area (Å²) in [5, 5.41) is 0. The molecule has 0 aliphatic carbocycles. The van der Waals surface area contributed by atoms with Crippen molar-refractivity contribution in [2.45, 2.75) is 6.42 Å². The highest BCUT2D eigenvalue weighted by Crippen LogP contribution is 2.03. The van der Waals surface area contributed by atoms with Crippen LogP contribution in [0.25, 0.3) is 0 Å². The molecule has 58 valence electrons. The molecule has 4 heteroatoms. The standard InChI is InChI=1S/C5H12Cl2N.H3N/c1-8(2,7)5-3-4-6;/h3-5H2,1-2H3;1H3/q+1;. The normalized spacial score (nSPS) is 10.7. The Morgan fingerprint density at radius 1 is 1.33 bits per heavy atom. The van der Waals surface area contributed by atoms with E-state index in [-0.39, 0.29) is 6.15 Å². The van der Waals surface area contributed by atoms with Gasteiger partial charge in [0.05, 0.1) is 20.6 Å². The van der Waals surface area contributed by atoms with Crippen LogP contribution in [0.5, 0.6) is 0 Å². The smallest absolute Gasteiger partial charge is 0.164 e. The molecule has 0 amide bonds. The number of alkyl halides is 1. The van der Waals surface area contributed by atoms with Crippen molar-refractivity contribution >= 4 is 23.4 Å². The minimum absolute atomic E-state index is 0. The van der Waals surface area contributed by atoms with Crippen LogP contribution in [-0.4, -0.2) is 30.5 Å². The average molecular weight is 174 g/mol. The quantitative estimate of drug-likeness (QED) is 0.515. The molecule has 0 heterocycles. The van der Waals surface area contributed by atoms with Gasteiger partial charge in [0, 0.05) is 12.3 Å². The lowest BCUT2D eigenvalue weighted by Gasteiger charge is -2.16. The summed E-state index contributed by atoms with van der Waals surface area (Å²) in [7, 11) is 3.88. The molecule has 0 unspecified atom stereocenters. The minimum Gasteiger partial charge on any atom is -0.344 e. The first-order valence-corrected chi connectivity index (χ1v) is 3.52. The average Bonchev–Trinajstić information content (AvgIpc) is 1.59. The fraction of sp³-hybridized carbons (Fsp3) is 1.00. The highest BCUT2D eigenvalue weighted by molar-refractivity contribution is 6.17. The van der Waals surface area contributed by atoms with Gasteiger partial charge in [-0.15, -0.1) is 11.6 Å². The van der Waals surface area contributed by atoms with Crippen LogP contribution >= 0.6 is 23.4 Å². The van der Waals surface area contributed by atoms with E-state index >= 15 is 0 Å². The molecule has 3 N–H and O–H groups in total. The Morgan fingerprint density at radius 3 is 1.89 bits per heavy atom. The first-order valence-electron chi connectivity index (χ1n) is 2.65. The monoisotopic (exact) mass is 173 g/mol. The van der Waals surface area contributed by atoms with E-state index in [4.69, 9.17) is 23.4 Å². The largest absolute Gasteiger partial charge is 0.344 e. The molecule has 0 saturated carbocycles. The molecule has 0 spiro atoms. The van der Waals surface area contributed by atoms with Gasteiger partial charge in [0.25, 0.3) is 0 Å². The van der Waals surface area contributed by atoms with Crippen LogP contribution in [-0.2, 0) is 0 Å². The lowest BCUT2D eigenvalue weighted by Crippen LogP contribution is -2.28. The van der Waals surface area contributed by atoms with Gasteiger partial charge in [-0.3, -0.25) is 0 Å². The Hall–Kier alpha value is 0.500. The van der Waals surface area contributed by atoms with Crippen LogP contribution in [0.4, 0.5) is 0 Å². The third-order valence-electron chi connectivity index (χ3n) is 0.823. The van der Waals surface area contributed by atoms with Crippen molar-refractivity contribution in [2.24, 2.45) is 0 Å². The van der Waals surface area contributed by atoms with Crippen molar-refractivity contribution in [3.63, 3.8) is 0 Å². The van der Waals surface area contributed by atoms with Crippen LogP contribution in [0.2, 0.25) is 0 Å². The number of hydrogen-bond donors (Lipinski definition) is 1. The molecule has 0 aliphatic heterocycles. The van der Waals surface area contributed by atoms with Crippen molar-refractivity contribution in [1.82, 2.24) is 6.15 Å². The third-order valence-corrected chi connectivity index (χ3v) is 1.26. The Kier molecular flexibility index (Phi) is 7.18. The molecule has 0 saturated heterocycles. The molecule has 0 radical (unpaired) electrons. The zero-order valence-corrected chi connectivity index (χ0v) is 7.54. The van der Waals surface area contributed by atoms with E-state index < -0.39 is 0 Å². The number of hydrogen-bond acceptors (Lipinski definition) is 1. The molecule has 9 heavy (non-hydrogen) atoms. The highest BCUT2D eigenvalue weighted by atomic mass is 35.5. The van der Waals surface area contributed by atoms with Gasteiger partial charge >= 0.3 is 0 Å². The van der Waals surface area contributed by atoms with Crippen LogP contribution in [0, 0.1) is 0 Å². The molecular weight excluding hydrogens is 159 g/mol. The fourth-order valence-electron chi connectivity index (χ4n) is 0.436. The second-order valence-corrected chi connectivity index (χ2v) is 3.60. The second-order valence-electron chi connectivity index (χ2n) is 2.30. The molecular formula is C5H15Cl2N2+. The molecule has 0 rings (SSSR count). The van der Waals surface area contributed by atoms with Gasteiger partial charge in [0.15, 0.2) is 11.8 Å². The summed E-state index contributed by atoms with van der Waals surface area (Å²) in [6.45, 7) is 0.936. The molecule has 0 aromatic rings. The molecule has 2 nitrogen and oxygen atoms in total. The van der Waals surface area contributed by atoms with Gasteiger partial charge < -0.3 is 6.15 Å². The Morgan fingerprint density at radius 2 is 1.78 bits per heavy atom. The lowest BCUT2D eigenvalue weighted by atomic mass is 10.5. The summed E-state index contributed by atoms with van der Waals surface area (Å²) in [4.78, 5) is 0. The van der Waals surface area contributed by atoms with E-state index in [0.717, 1.165) is 13.0 Å². The molecule has 0 aromatic carbocycles. The van der Waals surface area contributed by atoms with Gasteiger partial charge in [-0.1, -0.05) is 0 Å². The van der Waals surface area contributed by atoms with Crippen molar-refractivity contribution in [1.29, 1.82) is 0 Å². The number of nitrogens with zero attached hydrogens (tertiary/aromatic N) is 1. The van der Waals surface area contributed by atoms with E-state index in [1.165, 1.54) is 0 Å². The minimum atomic E-state index is 0. The van der Waals surface area contributed by atoms with Crippen LogP contribution < -0.4 is 6.15 Å². The molecule has 0 aromatic heterocycles. The van der Waals surface area contributed by atoms with Gasteiger partial charge in [0.2, 0.25) is 0 Å². The van der Waals surface area contributed by atoms with Crippen molar-refractivity contribution < 1.29 is 4.00 Å². The maximum atomic E-state index is 5.79. The van der Waals surface area contributed by atoms with Crippen LogP contribution in [0.1, 0.15) is 6.42 Å². The van der Waals surface area contributed by atoms with Crippen molar-refractivity contribution in [2.75, 3.05) is 26.5 Å². The summed E-state index contributed by atoms with van der Waals surface area (Å²) in [5.74, 6) is 0.703. The van der Waals surface area contributed by atoms with E-state index in [9.17, 15) is 0 Å². The SMILES string of the molecule is C[N+](C)(Cl)CCCCl.N. The van der Waals surface area contributed by atoms with Gasteiger partial charge in [0.1, 0.15) is 0 Å². The number of quaternary nitrogens is 1. The van der Waals surface area contributed by atoms with E-state index in [0.29, 0.717) is 9.88 Å². The molecule has 0 bridgehead atoms. The Balaban J connectivity index is 0. The van der Waals surface area contributed by atoms with Crippen LogP contribution in [0.15, 0.2) is 0 Å². The predicted octanol–water partition coefficient (Wildman–Crippen LogP) is 2.01. The molecule has 0 fully saturated rings. The summed E-state index contributed by atoms with van der Waals surface area (Å²) in [5.41, 5.74) is 0. The zero-order valence-electron chi connectivity index (χ0n) is 6.03. The Bertz CT molecular complexity index is 60.5. The third kappa shape index (κ3) is 11.9.